The van der Waals surface area contributed by atoms with Crippen LogP contribution in [0.1, 0.15) is 27.8 Å². The summed E-state index contributed by atoms with van der Waals surface area (Å²) in [7, 11) is -3.94. The highest BCUT2D eigenvalue weighted by atomic mass is 32.2. The van der Waals surface area contributed by atoms with Crippen molar-refractivity contribution in [3.63, 3.8) is 0 Å². The molecule has 0 aliphatic carbocycles. The highest BCUT2D eigenvalue weighted by Gasteiger charge is 2.29. The topological polar surface area (TPSA) is 78.8 Å². The van der Waals surface area contributed by atoms with Gasteiger partial charge in [-0.3, -0.25) is 4.79 Å². The fraction of sp³-hybridized carbons (Fsp3) is 0.231. The van der Waals surface area contributed by atoms with E-state index in [4.69, 9.17) is 0 Å². The number of thioether (sulfide) groups is 1. The number of rotatable bonds is 9. The average molecular weight is 496 g/mol. The molecule has 0 aliphatic rings. The van der Waals surface area contributed by atoms with Crippen LogP contribution in [-0.4, -0.2) is 37.6 Å². The Hall–Kier alpha value is -2.94. The molecule has 0 saturated heterocycles. The Labute approximate surface area is 206 Å². The summed E-state index contributed by atoms with van der Waals surface area (Å²) in [5.74, 6) is -0.515. The molecule has 0 aromatic heterocycles. The van der Waals surface area contributed by atoms with Gasteiger partial charge in [0.15, 0.2) is 0 Å². The first-order valence-electron chi connectivity index (χ1n) is 10.8. The molecule has 178 valence electrons. The van der Waals surface area contributed by atoms with E-state index in [-0.39, 0.29) is 18.0 Å². The fourth-order valence-corrected chi connectivity index (χ4v) is 5.98. The minimum absolute atomic E-state index is 0.0726. The molecule has 0 radical (unpaired) electrons. The first-order valence-corrected chi connectivity index (χ1v) is 13.4. The molecule has 0 spiro atoms. The van der Waals surface area contributed by atoms with E-state index in [1.54, 1.807) is 25.6 Å². The highest BCUT2D eigenvalue weighted by Crippen LogP contribution is 2.26. The SMILES string of the molecule is CSc1ccc(/C=N\NC(=O)CN(Cc2ccccc2)S(=O)(=O)c2c(C)cc(C)cc2C)cc1. The van der Waals surface area contributed by atoms with Gasteiger partial charge in [-0.15, -0.1) is 11.8 Å². The second kappa shape index (κ2) is 11.5. The molecule has 3 rings (SSSR count). The van der Waals surface area contributed by atoms with Crippen molar-refractivity contribution in [1.29, 1.82) is 0 Å². The lowest BCUT2D eigenvalue weighted by Crippen LogP contribution is -2.39. The number of sulfonamides is 1. The summed E-state index contributed by atoms with van der Waals surface area (Å²) >= 11 is 1.64. The van der Waals surface area contributed by atoms with Gasteiger partial charge in [0.1, 0.15) is 0 Å². The molecule has 3 aromatic rings. The molecule has 0 atom stereocenters. The molecule has 1 N–H and O–H groups in total. The molecule has 0 aliphatic heterocycles. The summed E-state index contributed by atoms with van der Waals surface area (Å²) in [5, 5.41) is 4.01. The van der Waals surface area contributed by atoms with Crippen LogP contribution >= 0.6 is 11.8 Å². The number of nitrogens with one attached hydrogen (secondary N) is 1. The molecule has 0 saturated carbocycles. The summed E-state index contributed by atoms with van der Waals surface area (Å²) in [4.78, 5) is 14.1. The molecule has 1 amide bonds. The molecule has 0 fully saturated rings. The number of nitrogens with zero attached hydrogens (tertiary/aromatic N) is 2. The number of hydrogen-bond donors (Lipinski definition) is 1. The van der Waals surface area contributed by atoms with Crippen LogP contribution < -0.4 is 5.43 Å². The number of benzene rings is 3. The van der Waals surface area contributed by atoms with Crippen molar-refractivity contribution in [1.82, 2.24) is 9.73 Å². The third kappa shape index (κ3) is 6.56. The van der Waals surface area contributed by atoms with E-state index in [1.165, 1.54) is 10.5 Å². The van der Waals surface area contributed by atoms with Gasteiger partial charge in [-0.1, -0.05) is 60.2 Å². The van der Waals surface area contributed by atoms with E-state index in [1.807, 2.05) is 79.9 Å². The number of carbonyl (C=O) groups excluding carboxylic acids is 1. The Kier molecular flexibility index (Phi) is 8.66. The number of hydrogen-bond acceptors (Lipinski definition) is 5. The Balaban J connectivity index is 1.83. The lowest BCUT2D eigenvalue weighted by Gasteiger charge is -2.24. The quantitative estimate of drug-likeness (QED) is 0.266. The van der Waals surface area contributed by atoms with Gasteiger partial charge in [0.05, 0.1) is 17.7 Å². The maximum atomic E-state index is 13.7. The zero-order valence-electron chi connectivity index (χ0n) is 19.8. The van der Waals surface area contributed by atoms with Crippen LogP contribution in [0.5, 0.6) is 0 Å². The van der Waals surface area contributed by atoms with Gasteiger partial charge in [0.25, 0.3) is 5.91 Å². The van der Waals surface area contributed by atoms with Gasteiger partial charge >= 0.3 is 0 Å². The maximum absolute atomic E-state index is 13.7. The molecule has 3 aromatic carbocycles. The Morgan fingerprint density at radius 2 is 1.62 bits per heavy atom. The van der Waals surface area contributed by atoms with Crippen molar-refractivity contribution in [3.05, 3.63) is 94.5 Å². The van der Waals surface area contributed by atoms with Crippen LogP contribution in [0.4, 0.5) is 0 Å². The van der Waals surface area contributed by atoms with Crippen LogP contribution in [0.15, 0.2) is 81.6 Å². The van der Waals surface area contributed by atoms with E-state index in [9.17, 15) is 13.2 Å². The van der Waals surface area contributed by atoms with Crippen LogP contribution in [0.25, 0.3) is 0 Å². The molecule has 0 unspecified atom stereocenters. The number of amides is 1. The zero-order valence-corrected chi connectivity index (χ0v) is 21.4. The molecule has 8 heteroatoms. The Bertz CT molecular complexity index is 1250. The molecular formula is C26H29N3O3S2. The predicted molar refractivity (Wildman–Crippen MR) is 139 cm³/mol. The maximum Gasteiger partial charge on any atom is 0.255 e. The molecule has 0 heterocycles. The van der Waals surface area contributed by atoms with E-state index >= 15 is 0 Å². The van der Waals surface area contributed by atoms with Gasteiger partial charge in [0.2, 0.25) is 10.0 Å². The third-order valence-corrected chi connectivity index (χ3v) is 8.08. The number of aryl methyl sites for hydroxylation is 3. The van der Waals surface area contributed by atoms with Crippen molar-refractivity contribution in [3.8, 4) is 0 Å². The monoisotopic (exact) mass is 495 g/mol. The molecular weight excluding hydrogens is 466 g/mol. The minimum Gasteiger partial charge on any atom is -0.272 e. The molecule has 0 bridgehead atoms. The molecule has 6 nitrogen and oxygen atoms in total. The lowest BCUT2D eigenvalue weighted by molar-refractivity contribution is -0.121. The predicted octanol–water partition coefficient (Wildman–Crippen LogP) is 4.67. The van der Waals surface area contributed by atoms with E-state index in [0.29, 0.717) is 11.1 Å². The van der Waals surface area contributed by atoms with Crippen molar-refractivity contribution < 1.29 is 13.2 Å². The van der Waals surface area contributed by atoms with Gasteiger partial charge in [-0.25, -0.2) is 13.8 Å². The lowest BCUT2D eigenvalue weighted by atomic mass is 10.1. The van der Waals surface area contributed by atoms with Gasteiger partial charge in [0, 0.05) is 11.4 Å². The van der Waals surface area contributed by atoms with Crippen molar-refractivity contribution in [2.45, 2.75) is 37.1 Å². The normalized spacial score (nSPS) is 11.8. The fourth-order valence-electron chi connectivity index (χ4n) is 3.78. The summed E-state index contributed by atoms with van der Waals surface area (Å²) in [6, 6.07) is 20.6. The summed E-state index contributed by atoms with van der Waals surface area (Å²) in [6.07, 6.45) is 3.53. The molecule has 34 heavy (non-hydrogen) atoms. The Morgan fingerprint density at radius 1 is 1.00 bits per heavy atom. The summed E-state index contributed by atoms with van der Waals surface area (Å²) < 4.78 is 28.6. The number of carbonyl (C=O) groups is 1. The van der Waals surface area contributed by atoms with Crippen LogP contribution in [0.3, 0.4) is 0 Å². The van der Waals surface area contributed by atoms with Gasteiger partial charge in [-0.05, 0) is 61.4 Å². The van der Waals surface area contributed by atoms with E-state index in [0.717, 1.165) is 21.6 Å². The first-order chi connectivity index (χ1) is 16.2. The summed E-state index contributed by atoms with van der Waals surface area (Å²) in [6.45, 7) is 5.20. The second-order valence-electron chi connectivity index (χ2n) is 8.05. The van der Waals surface area contributed by atoms with Crippen molar-refractivity contribution in [2.75, 3.05) is 12.8 Å². The second-order valence-corrected chi connectivity index (χ2v) is 10.8. The standard InChI is InChI=1S/C26H29N3O3S2/c1-19-14-20(2)26(21(3)15-19)34(31,32)29(17-23-8-6-5-7-9-23)18-25(30)28-27-16-22-10-12-24(33-4)13-11-22/h5-16H,17-18H2,1-4H3,(H,28,30)/b27-16-. The van der Waals surface area contributed by atoms with Gasteiger partial charge in [-0.2, -0.15) is 9.41 Å². The largest absolute Gasteiger partial charge is 0.272 e. The van der Waals surface area contributed by atoms with E-state index in [2.05, 4.69) is 10.5 Å². The minimum atomic E-state index is -3.94. The zero-order chi connectivity index (χ0) is 24.7. The average Bonchev–Trinajstić information content (AvgIpc) is 2.79. The highest BCUT2D eigenvalue weighted by molar-refractivity contribution is 7.98. The Morgan fingerprint density at radius 3 is 2.21 bits per heavy atom. The smallest absolute Gasteiger partial charge is 0.255 e. The first kappa shape index (κ1) is 25.7. The van der Waals surface area contributed by atoms with Gasteiger partial charge < -0.3 is 0 Å². The van der Waals surface area contributed by atoms with Crippen molar-refractivity contribution in [2.24, 2.45) is 5.10 Å². The number of hydrazone groups is 1. The van der Waals surface area contributed by atoms with E-state index < -0.39 is 15.9 Å². The van der Waals surface area contributed by atoms with Crippen LogP contribution in [-0.2, 0) is 21.4 Å². The summed E-state index contributed by atoms with van der Waals surface area (Å²) in [5.41, 5.74) is 6.38. The third-order valence-electron chi connectivity index (χ3n) is 5.24. The van der Waals surface area contributed by atoms with Crippen LogP contribution in [0, 0.1) is 20.8 Å². The van der Waals surface area contributed by atoms with Crippen LogP contribution in [0.2, 0.25) is 0 Å². The van der Waals surface area contributed by atoms with Crippen molar-refractivity contribution >= 4 is 33.9 Å².